The van der Waals surface area contributed by atoms with Crippen LogP contribution in [0.3, 0.4) is 0 Å². The molecule has 0 atom stereocenters. The van der Waals surface area contributed by atoms with Gasteiger partial charge < -0.3 is 14.2 Å². The van der Waals surface area contributed by atoms with Gasteiger partial charge in [0.15, 0.2) is 6.61 Å². The third-order valence-corrected chi connectivity index (χ3v) is 4.65. The molecule has 0 fully saturated rings. The second-order valence-corrected chi connectivity index (χ2v) is 6.77. The van der Waals surface area contributed by atoms with E-state index in [2.05, 4.69) is 10.1 Å². The van der Waals surface area contributed by atoms with Crippen molar-refractivity contribution in [3.8, 4) is 5.75 Å². The topological polar surface area (TPSA) is 92.0 Å². The molecule has 0 saturated carbocycles. The number of benzene rings is 1. The van der Waals surface area contributed by atoms with Crippen molar-refractivity contribution in [3.05, 3.63) is 57.0 Å². The van der Waals surface area contributed by atoms with Crippen LogP contribution in [-0.4, -0.2) is 40.9 Å². The second kappa shape index (κ2) is 8.74. The molecule has 0 saturated heterocycles. The minimum absolute atomic E-state index is 0.104. The van der Waals surface area contributed by atoms with Crippen molar-refractivity contribution in [1.29, 1.82) is 0 Å². The van der Waals surface area contributed by atoms with E-state index >= 15 is 0 Å². The summed E-state index contributed by atoms with van der Waals surface area (Å²) in [5.41, 5.74) is 0.980. The summed E-state index contributed by atoms with van der Waals surface area (Å²) in [6, 6.07) is 8.70. The molecule has 142 valence electrons. The van der Waals surface area contributed by atoms with Crippen LogP contribution in [0.25, 0.3) is 4.96 Å². The van der Waals surface area contributed by atoms with Crippen molar-refractivity contribution in [2.75, 3.05) is 20.3 Å². The highest BCUT2D eigenvalue weighted by Gasteiger charge is 2.11. The first-order chi connectivity index (χ1) is 13.1. The van der Waals surface area contributed by atoms with Crippen LogP contribution in [0.4, 0.5) is 0 Å². The molecular formula is C18H19N3O5S. The van der Waals surface area contributed by atoms with Gasteiger partial charge in [-0.2, -0.15) is 9.61 Å². The number of aromatic nitrogens is 3. The van der Waals surface area contributed by atoms with Gasteiger partial charge in [-0.1, -0.05) is 29.5 Å². The number of hydrogen-bond donors (Lipinski definition) is 0. The van der Waals surface area contributed by atoms with Crippen LogP contribution in [0, 0.1) is 6.92 Å². The number of para-hydroxylation sites is 1. The first kappa shape index (κ1) is 19.0. The zero-order valence-electron chi connectivity index (χ0n) is 15.0. The number of nitrogens with zero attached hydrogens (tertiary/aromatic N) is 3. The number of fused-ring (bicyclic) bond motifs is 1. The SMILES string of the molecule is COCCc1nn2c(=O)cc(COC(=O)COc3ccccc3C)nc2s1. The number of methoxy groups -OCH3 is 1. The van der Waals surface area contributed by atoms with E-state index in [-0.39, 0.29) is 18.8 Å². The first-order valence-corrected chi connectivity index (χ1v) is 9.10. The molecule has 8 nitrogen and oxygen atoms in total. The highest BCUT2D eigenvalue weighted by atomic mass is 32.1. The number of hydrogen-bond acceptors (Lipinski definition) is 8. The van der Waals surface area contributed by atoms with Gasteiger partial charge in [0.2, 0.25) is 4.96 Å². The molecule has 0 amide bonds. The summed E-state index contributed by atoms with van der Waals surface area (Å²) in [5, 5.41) is 4.96. The fourth-order valence-corrected chi connectivity index (χ4v) is 3.21. The van der Waals surface area contributed by atoms with Crippen LogP contribution in [-0.2, 0) is 27.3 Å². The van der Waals surface area contributed by atoms with Crippen molar-refractivity contribution < 1.29 is 19.0 Å². The summed E-state index contributed by atoms with van der Waals surface area (Å²) < 4.78 is 16.8. The zero-order valence-corrected chi connectivity index (χ0v) is 15.8. The fraction of sp³-hybridized carbons (Fsp3) is 0.333. The third-order valence-electron chi connectivity index (χ3n) is 3.68. The average Bonchev–Trinajstić information content (AvgIpc) is 3.07. The molecule has 0 aliphatic heterocycles. The van der Waals surface area contributed by atoms with Gasteiger partial charge in [0, 0.05) is 19.6 Å². The Bertz CT molecular complexity index is 998. The lowest BCUT2D eigenvalue weighted by atomic mass is 10.2. The number of carbonyl (C=O) groups excluding carboxylic acids is 1. The fourth-order valence-electron chi connectivity index (χ4n) is 2.31. The van der Waals surface area contributed by atoms with Crippen molar-refractivity contribution >= 4 is 22.3 Å². The van der Waals surface area contributed by atoms with Crippen molar-refractivity contribution in [1.82, 2.24) is 14.6 Å². The molecule has 0 aliphatic rings. The predicted octanol–water partition coefficient (Wildman–Crippen LogP) is 1.77. The molecule has 0 bridgehead atoms. The van der Waals surface area contributed by atoms with E-state index in [0.717, 1.165) is 10.6 Å². The van der Waals surface area contributed by atoms with E-state index in [4.69, 9.17) is 14.2 Å². The Labute approximate surface area is 159 Å². The number of carbonyl (C=O) groups is 1. The molecule has 0 aliphatic carbocycles. The van der Waals surface area contributed by atoms with E-state index in [1.54, 1.807) is 13.2 Å². The van der Waals surface area contributed by atoms with Gasteiger partial charge >= 0.3 is 5.97 Å². The maximum absolute atomic E-state index is 12.2. The van der Waals surface area contributed by atoms with Crippen LogP contribution < -0.4 is 10.3 Å². The Kier molecular flexibility index (Phi) is 6.15. The van der Waals surface area contributed by atoms with E-state index in [9.17, 15) is 9.59 Å². The molecule has 0 radical (unpaired) electrons. The molecule has 0 spiro atoms. The Balaban J connectivity index is 1.60. The number of ether oxygens (including phenoxy) is 3. The molecular weight excluding hydrogens is 370 g/mol. The van der Waals surface area contributed by atoms with Gasteiger partial charge in [0.05, 0.1) is 12.3 Å². The van der Waals surface area contributed by atoms with Crippen LogP contribution in [0.15, 0.2) is 35.1 Å². The number of rotatable bonds is 8. The Morgan fingerprint density at radius 3 is 2.89 bits per heavy atom. The van der Waals surface area contributed by atoms with Gasteiger partial charge in [0.1, 0.15) is 17.4 Å². The monoisotopic (exact) mass is 389 g/mol. The highest BCUT2D eigenvalue weighted by Crippen LogP contribution is 2.16. The van der Waals surface area contributed by atoms with Crippen LogP contribution in [0.2, 0.25) is 0 Å². The molecule has 3 rings (SSSR count). The van der Waals surface area contributed by atoms with Crippen molar-refractivity contribution in [3.63, 3.8) is 0 Å². The maximum Gasteiger partial charge on any atom is 0.344 e. The second-order valence-electron chi connectivity index (χ2n) is 5.73. The Hall–Kier alpha value is -2.78. The van der Waals surface area contributed by atoms with E-state index < -0.39 is 5.97 Å². The zero-order chi connectivity index (χ0) is 19.2. The van der Waals surface area contributed by atoms with E-state index in [1.165, 1.54) is 21.9 Å². The molecule has 2 heterocycles. The van der Waals surface area contributed by atoms with Gasteiger partial charge in [-0.3, -0.25) is 4.79 Å². The van der Waals surface area contributed by atoms with E-state index in [0.29, 0.717) is 29.4 Å². The summed E-state index contributed by atoms with van der Waals surface area (Å²) >= 11 is 1.30. The van der Waals surface area contributed by atoms with Crippen LogP contribution in [0.5, 0.6) is 5.75 Å². The van der Waals surface area contributed by atoms with Crippen LogP contribution in [0.1, 0.15) is 16.3 Å². The number of aryl methyl sites for hydroxylation is 1. The average molecular weight is 389 g/mol. The molecule has 2 aromatic heterocycles. The smallest absolute Gasteiger partial charge is 0.344 e. The van der Waals surface area contributed by atoms with Gasteiger partial charge in [-0.15, -0.1) is 0 Å². The summed E-state index contributed by atoms with van der Waals surface area (Å²) in [5.74, 6) is 0.0887. The van der Waals surface area contributed by atoms with Crippen LogP contribution >= 0.6 is 11.3 Å². The molecule has 0 N–H and O–H groups in total. The lowest BCUT2D eigenvalue weighted by molar-refractivity contribution is -0.147. The lowest BCUT2D eigenvalue weighted by Crippen LogP contribution is -2.18. The molecule has 1 aromatic carbocycles. The predicted molar refractivity (Wildman–Crippen MR) is 99.2 cm³/mol. The summed E-state index contributed by atoms with van der Waals surface area (Å²) in [6.07, 6.45) is 0.602. The largest absolute Gasteiger partial charge is 0.482 e. The minimum atomic E-state index is -0.537. The summed E-state index contributed by atoms with van der Waals surface area (Å²) in [4.78, 5) is 28.8. The molecule has 9 heteroatoms. The lowest BCUT2D eigenvalue weighted by Gasteiger charge is -2.08. The van der Waals surface area contributed by atoms with E-state index in [1.807, 2.05) is 25.1 Å². The first-order valence-electron chi connectivity index (χ1n) is 8.28. The number of esters is 1. The normalized spacial score (nSPS) is 10.9. The molecule has 0 unspecified atom stereocenters. The Morgan fingerprint density at radius 1 is 1.30 bits per heavy atom. The minimum Gasteiger partial charge on any atom is -0.482 e. The van der Waals surface area contributed by atoms with Crippen molar-refractivity contribution in [2.24, 2.45) is 0 Å². The third kappa shape index (κ3) is 4.89. The standard InChI is InChI=1S/C18H19N3O5S/c1-12-5-3-4-6-14(12)25-11-17(23)26-10-13-9-16(22)21-18(19-13)27-15(20-21)7-8-24-2/h3-6,9H,7-8,10-11H2,1-2H3. The molecule has 3 aromatic rings. The Morgan fingerprint density at radius 2 is 2.11 bits per heavy atom. The molecule has 27 heavy (non-hydrogen) atoms. The van der Waals surface area contributed by atoms with Gasteiger partial charge in [-0.05, 0) is 18.6 Å². The van der Waals surface area contributed by atoms with Crippen molar-refractivity contribution in [2.45, 2.75) is 20.0 Å². The van der Waals surface area contributed by atoms with Gasteiger partial charge in [0.25, 0.3) is 5.56 Å². The summed E-state index contributed by atoms with van der Waals surface area (Å²) in [7, 11) is 1.60. The maximum atomic E-state index is 12.2. The quantitative estimate of drug-likeness (QED) is 0.542. The summed E-state index contributed by atoms with van der Waals surface area (Å²) in [6.45, 7) is 2.09. The highest BCUT2D eigenvalue weighted by molar-refractivity contribution is 7.16. The van der Waals surface area contributed by atoms with Gasteiger partial charge in [-0.25, -0.2) is 9.78 Å².